The van der Waals surface area contributed by atoms with Gasteiger partial charge in [-0.3, -0.25) is 0 Å². The zero-order chi connectivity index (χ0) is 13.9. The summed E-state index contributed by atoms with van der Waals surface area (Å²) in [4.78, 5) is 4.56. The topological polar surface area (TPSA) is 38.9 Å². The van der Waals surface area contributed by atoms with Crippen molar-refractivity contribution in [1.82, 2.24) is 4.98 Å². The molecular weight excluding hydrogens is 271 g/mol. The van der Waals surface area contributed by atoms with Crippen molar-refractivity contribution in [3.05, 3.63) is 70.3 Å². The van der Waals surface area contributed by atoms with Crippen LogP contribution in [0.5, 0.6) is 0 Å². The standard InChI is InChI=1S/C16H13FN2S/c17-14-4-2-1-3-12(14)9-16-19-15(10-20-16)11-5-7-13(18)8-6-11/h1-8,10H,9,18H2. The van der Waals surface area contributed by atoms with Gasteiger partial charge in [0.25, 0.3) is 0 Å². The number of nitrogen functional groups attached to an aromatic ring is 1. The van der Waals surface area contributed by atoms with Gasteiger partial charge in [0.05, 0.1) is 10.7 Å². The Morgan fingerprint density at radius 3 is 2.55 bits per heavy atom. The molecule has 3 aromatic rings. The number of nitrogens with zero attached hydrogens (tertiary/aromatic N) is 1. The van der Waals surface area contributed by atoms with E-state index in [9.17, 15) is 4.39 Å². The normalized spacial score (nSPS) is 10.7. The molecule has 0 spiro atoms. The minimum absolute atomic E-state index is 0.184. The number of benzene rings is 2. The Bertz CT molecular complexity index is 719. The van der Waals surface area contributed by atoms with E-state index in [-0.39, 0.29) is 5.82 Å². The Balaban J connectivity index is 1.84. The molecule has 20 heavy (non-hydrogen) atoms. The lowest BCUT2D eigenvalue weighted by Gasteiger charge is -2.00. The summed E-state index contributed by atoms with van der Waals surface area (Å²) < 4.78 is 13.6. The lowest BCUT2D eigenvalue weighted by molar-refractivity contribution is 0.614. The molecule has 1 heterocycles. The van der Waals surface area contributed by atoms with Gasteiger partial charge in [0.1, 0.15) is 5.82 Å². The van der Waals surface area contributed by atoms with Crippen LogP contribution in [0.2, 0.25) is 0 Å². The van der Waals surface area contributed by atoms with Crippen LogP contribution in [0.3, 0.4) is 0 Å². The summed E-state index contributed by atoms with van der Waals surface area (Å²) in [7, 11) is 0. The van der Waals surface area contributed by atoms with E-state index in [2.05, 4.69) is 4.98 Å². The second-order valence-electron chi connectivity index (χ2n) is 4.52. The van der Waals surface area contributed by atoms with E-state index in [1.54, 1.807) is 23.5 Å². The van der Waals surface area contributed by atoms with E-state index in [4.69, 9.17) is 5.73 Å². The maximum absolute atomic E-state index is 13.6. The van der Waals surface area contributed by atoms with Crippen LogP contribution in [0.4, 0.5) is 10.1 Å². The van der Waals surface area contributed by atoms with Crippen molar-refractivity contribution in [2.75, 3.05) is 5.73 Å². The molecule has 0 fully saturated rings. The molecule has 0 aliphatic rings. The summed E-state index contributed by atoms with van der Waals surface area (Å²) in [5, 5.41) is 2.89. The second-order valence-corrected chi connectivity index (χ2v) is 5.46. The fourth-order valence-corrected chi connectivity index (χ4v) is 2.81. The summed E-state index contributed by atoms with van der Waals surface area (Å²) in [6, 6.07) is 14.4. The number of nitrogens with two attached hydrogens (primary N) is 1. The number of anilines is 1. The summed E-state index contributed by atoms with van der Waals surface area (Å²) >= 11 is 1.54. The van der Waals surface area contributed by atoms with Crippen LogP contribution in [0, 0.1) is 5.82 Å². The largest absolute Gasteiger partial charge is 0.399 e. The van der Waals surface area contributed by atoms with E-state index in [0.29, 0.717) is 12.0 Å². The van der Waals surface area contributed by atoms with Gasteiger partial charge >= 0.3 is 0 Å². The third-order valence-corrected chi connectivity index (χ3v) is 3.91. The van der Waals surface area contributed by atoms with Crippen LogP contribution < -0.4 is 5.73 Å². The third-order valence-electron chi connectivity index (χ3n) is 3.06. The first-order valence-electron chi connectivity index (χ1n) is 6.26. The first-order chi connectivity index (χ1) is 9.72. The van der Waals surface area contributed by atoms with Crippen molar-refractivity contribution in [3.63, 3.8) is 0 Å². The van der Waals surface area contributed by atoms with Crippen molar-refractivity contribution in [2.24, 2.45) is 0 Å². The number of halogens is 1. The molecule has 0 bridgehead atoms. The fraction of sp³-hybridized carbons (Fsp3) is 0.0625. The number of hydrogen-bond acceptors (Lipinski definition) is 3. The molecule has 100 valence electrons. The molecule has 0 aliphatic heterocycles. The van der Waals surface area contributed by atoms with E-state index < -0.39 is 0 Å². The van der Waals surface area contributed by atoms with Crippen molar-refractivity contribution < 1.29 is 4.39 Å². The molecule has 0 aliphatic carbocycles. The van der Waals surface area contributed by atoms with E-state index >= 15 is 0 Å². The maximum Gasteiger partial charge on any atom is 0.126 e. The monoisotopic (exact) mass is 284 g/mol. The molecule has 0 saturated carbocycles. The summed E-state index contributed by atoms with van der Waals surface area (Å²) in [6.07, 6.45) is 0.520. The van der Waals surface area contributed by atoms with Crippen LogP contribution >= 0.6 is 11.3 Å². The van der Waals surface area contributed by atoms with Gasteiger partial charge in [-0.25, -0.2) is 9.37 Å². The van der Waals surface area contributed by atoms with Crippen LogP contribution in [0.1, 0.15) is 10.6 Å². The van der Waals surface area contributed by atoms with Gasteiger partial charge in [0.15, 0.2) is 0 Å². The van der Waals surface area contributed by atoms with Crippen LogP contribution in [0.15, 0.2) is 53.9 Å². The summed E-state index contributed by atoms with van der Waals surface area (Å²) in [5.41, 5.74) is 9.00. The van der Waals surface area contributed by atoms with Gasteiger partial charge in [-0.15, -0.1) is 11.3 Å². The molecule has 0 amide bonds. The number of aromatic nitrogens is 1. The van der Waals surface area contributed by atoms with Crippen molar-refractivity contribution >= 4 is 17.0 Å². The lowest BCUT2D eigenvalue weighted by Crippen LogP contribution is -1.91. The zero-order valence-electron chi connectivity index (χ0n) is 10.7. The Labute approximate surface area is 120 Å². The molecule has 0 atom stereocenters. The molecule has 3 rings (SSSR count). The minimum atomic E-state index is -0.184. The van der Waals surface area contributed by atoms with Crippen molar-refractivity contribution in [2.45, 2.75) is 6.42 Å². The first kappa shape index (κ1) is 12.8. The smallest absolute Gasteiger partial charge is 0.126 e. The van der Waals surface area contributed by atoms with Crippen LogP contribution in [-0.2, 0) is 6.42 Å². The van der Waals surface area contributed by atoms with Crippen molar-refractivity contribution in [1.29, 1.82) is 0 Å². The van der Waals surface area contributed by atoms with Crippen LogP contribution in [0.25, 0.3) is 11.3 Å². The average molecular weight is 284 g/mol. The van der Waals surface area contributed by atoms with Gasteiger partial charge in [-0.05, 0) is 23.8 Å². The molecule has 2 nitrogen and oxygen atoms in total. The number of thiazole rings is 1. The van der Waals surface area contributed by atoms with Crippen molar-refractivity contribution in [3.8, 4) is 11.3 Å². The average Bonchev–Trinajstić information content (AvgIpc) is 2.91. The maximum atomic E-state index is 13.6. The SMILES string of the molecule is Nc1ccc(-c2csc(Cc3ccccc3F)n2)cc1. The van der Waals surface area contributed by atoms with Crippen LogP contribution in [-0.4, -0.2) is 4.98 Å². The predicted octanol–water partition coefficient (Wildman–Crippen LogP) is 4.12. The van der Waals surface area contributed by atoms with Gasteiger partial charge in [-0.2, -0.15) is 0 Å². The highest BCUT2D eigenvalue weighted by atomic mass is 32.1. The van der Waals surface area contributed by atoms with Gasteiger partial charge < -0.3 is 5.73 Å². The predicted molar refractivity (Wildman–Crippen MR) is 81.2 cm³/mol. The Kier molecular flexibility index (Phi) is 3.48. The highest BCUT2D eigenvalue weighted by Crippen LogP contribution is 2.24. The number of hydrogen-bond donors (Lipinski definition) is 1. The lowest BCUT2D eigenvalue weighted by atomic mass is 10.1. The van der Waals surface area contributed by atoms with E-state index in [1.165, 1.54) is 6.07 Å². The van der Waals surface area contributed by atoms with Gasteiger partial charge in [0.2, 0.25) is 0 Å². The molecule has 2 N–H and O–H groups in total. The fourth-order valence-electron chi connectivity index (χ4n) is 1.98. The Morgan fingerprint density at radius 2 is 1.80 bits per heavy atom. The molecule has 0 radical (unpaired) electrons. The van der Waals surface area contributed by atoms with Gasteiger partial charge in [0, 0.05) is 23.1 Å². The minimum Gasteiger partial charge on any atom is -0.399 e. The molecule has 0 saturated heterocycles. The Hall–Kier alpha value is -2.20. The third kappa shape index (κ3) is 2.70. The van der Waals surface area contributed by atoms with E-state index in [1.807, 2.05) is 35.7 Å². The highest BCUT2D eigenvalue weighted by molar-refractivity contribution is 7.10. The molecule has 4 heteroatoms. The molecule has 1 aromatic heterocycles. The van der Waals surface area contributed by atoms with E-state index in [0.717, 1.165) is 22.0 Å². The first-order valence-corrected chi connectivity index (χ1v) is 7.14. The number of rotatable bonds is 3. The second kappa shape index (κ2) is 5.43. The molecular formula is C16H13FN2S. The van der Waals surface area contributed by atoms with Gasteiger partial charge in [-0.1, -0.05) is 30.3 Å². The molecule has 2 aromatic carbocycles. The Morgan fingerprint density at radius 1 is 1.05 bits per heavy atom. The zero-order valence-corrected chi connectivity index (χ0v) is 11.5. The quantitative estimate of drug-likeness (QED) is 0.735. The summed E-state index contributed by atoms with van der Waals surface area (Å²) in [6.45, 7) is 0. The molecule has 0 unspecified atom stereocenters. The summed E-state index contributed by atoms with van der Waals surface area (Å²) in [5.74, 6) is -0.184. The highest BCUT2D eigenvalue weighted by Gasteiger charge is 2.07.